The minimum atomic E-state index is -1.05. The highest BCUT2D eigenvalue weighted by Gasteiger charge is 2.26. The molecule has 0 aliphatic rings. The number of hydrogen-bond donors (Lipinski definition) is 1. The molecule has 1 N–H and O–H groups in total. The van der Waals surface area contributed by atoms with E-state index >= 15 is 0 Å². The van der Waals surface area contributed by atoms with E-state index in [4.69, 9.17) is 28.4 Å². The van der Waals surface area contributed by atoms with Crippen molar-refractivity contribution in [2.45, 2.75) is 71.8 Å². The van der Waals surface area contributed by atoms with E-state index in [2.05, 4.69) is 5.32 Å². The SMILES string of the molecule is COc1ccc(COC(=O)[C@@H](Cc2ccc(OC(=O)OC(C)(C)C)cc2)NC(=O)OC(C)(C)C)c(OC)c1. The topological polar surface area (TPSA) is 119 Å². The molecule has 0 bridgehead atoms. The van der Waals surface area contributed by atoms with Crippen LogP contribution in [0.2, 0.25) is 0 Å². The second-order valence-corrected chi connectivity index (χ2v) is 10.4. The summed E-state index contributed by atoms with van der Waals surface area (Å²) in [6, 6.07) is 10.6. The molecule has 0 aliphatic carbocycles. The minimum Gasteiger partial charge on any atom is -0.497 e. The van der Waals surface area contributed by atoms with Crippen molar-refractivity contribution in [1.82, 2.24) is 5.32 Å². The van der Waals surface area contributed by atoms with Gasteiger partial charge in [-0.15, -0.1) is 0 Å². The summed E-state index contributed by atoms with van der Waals surface area (Å²) < 4.78 is 31.7. The molecule has 2 rings (SSSR count). The molecule has 2 aromatic rings. The Morgan fingerprint density at radius 1 is 0.816 bits per heavy atom. The summed E-state index contributed by atoms with van der Waals surface area (Å²) in [5, 5.41) is 2.59. The Balaban J connectivity index is 2.13. The summed E-state index contributed by atoms with van der Waals surface area (Å²) in [6.45, 7) is 10.3. The number of benzene rings is 2. The first kappa shape index (κ1) is 30.3. The summed E-state index contributed by atoms with van der Waals surface area (Å²) in [5.74, 6) is 0.700. The monoisotopic (exact) mass is 531 g/mol. The van der Waals surface area contributed by atoms with Crippen molar-refractivity contribution in [1.29, 1.82) is 0 Å². The van der Waals surface area contributed by atoms with Crippen molar-refractivity contribution in [2.75, 3.05) is 14.2 Å². The molecular weight excluding hydrogens is 494 g/mol. The van der Waals surface area contributed by atoms with Crippen molar-refractivity contribution >= 4 is 18.2 Å². The van der Waals surface area contributed by atoms with Crippen LogP contribution < -0.4 is 19.5 Å². The van der Waals surface area contributed by atoms with E-state index in [-0.39, 0.29) is 18.8 Å². The van der Waals surface area contributed by atoms with Crippen LogP contribution >= 0.6 is 0 Å². The molecule has 10 heteroatoms. The molecule has 0 saturated heterocycles. The van der Waals surface area contributed by atoms with E-state index in [0.717, 1.165) is 0 Å². The maximum absolute atomic E-state index is 13.0. The van der Waals surface area contributed by atoms with Crippen LogP contribution in [-0.2, 0) is 32.0 Å². The summed E-state index contributed by atoms with van der Waals surface area (Å²) in [7, 11) is 3.04. The standard InChI is InChI=1S/C28H37NO9/c1-27(2,3)37-25(31)29-22(24(30)35-17-19-11-14-21(33-7)16-23(19)34-8)15-18-9-12-20(13-10-18)36-26(32)38-28(4,5)6/h9-14,16,22H,15,17H2,1-8H3,(H,29,31)/t22-/m1/s1. The van der Waals surface area contributed by atoms with Crippen LogP contribution in [0.15, 0.2) is 42.5 Å². The predicted octanol–water partition coefficient (Wildman–Crippen LogP) is 5.20. The van der Waals surface area contributed by atoms with Crippen LogP contribution in [-0.4, -0.2) is 49.7 Å². The van der Waals surface area contributed by atoms with E-state index in [1.807, 2.05) is 0 Å². The van der Waals surface area contributed by atoms with Gasteiger partial charge in [0, 0.05) is 18.1 Å². The van der Waals surface area contributed by atoms with Gasteiger partial charge >= 0.3 is 18.2 Å². The number of amides is 1. The highest BCUT2D eigenvalue weighted by Crippen LogP contribution is 2.25. The average Bonchev–Trinajstić information content (AvgIpc) is 2.80. The quantitative estimate of drug-likeness (QED) is 0.265. The van der Waals surface area contributed by atoms with Gasteiger partial charge in [-0.1, -0.05) is 12.1 Å². The highest BCUT2D eigenvalue weighted by atomic mass is 16.7. The van der Waals surface area contributed by atoms with E-state index in [1.165, 1.54) is 14.2 Å². The first-order chi connectivity index (χ1) is 17.7. The molecule has 1 atom stereocenters. The van der Waals surface area contributed by atoms with Crippen molar-refractivity contribution in [2.24, 2.45) is 0 Å². The fourth-order valence-corrected chi connectivity index (χ4v) is 3.16. The van der Waals surface area contributed by atoms with Gasteiger partial charge in [0.25, 0.3) is 0 Å². The fourth-order valence-electron chi connectivity index (χ4n) is 3.16. The van der Waals surface area contributed by atoms with Gasteiger partial charge in [0.15, 0.2) is 0 Å². The lowest BCUT2D eigenvalue weighted by atomic mass is 10.1. The van der Waals surface area contributed by atoms with Crippen LogP contribution in [0.25, 0.3) is 0 Å². The number of ether oxygens (including phenoxy) is 6. The van der Waals surface area contributed by atoms with Gasteiger partial charge in [-0.05, 0) is 71.4 Å². The molecule has 208 valence electrons. The molecule has 0 radical (unpaired) electrons. The third-order valence-electron chi connectivity index (χ3n) is 4.79. The molecule has 10 nitrogen and oxygen atoms in total. The Labute approximate surface area is 223 Å². The highest BCUT2D eigenvalue weighted by molar-refractivity contribution is 5.82. The van der Waals surface area contributed by atoms with E-state index in [9.17, 15) is 14.4 Å². The van der Waals surface area contributed by atoms with E-state index in [1.54, 1.807) is 84.0 Å². The Kier molecular flexibility index (Phi) is 10.4. The number of carbonyl (C=O) groups is 3. The van der Waals surface area contributed by atoms with Gasteiger partial charge in [-0.2, -0.15) is 0 Å². The number of carbonyl (C=O) groups excluding carboxylic acids is 3. The summed E-state index contributed by atoms with van der Waals surface area (Å²) in [5.41, 5.74) is -0.133. The van der Waals surface area contributed by atoms with Gasteiger partial charge in [-0.25, -0.2) is 14.4 Å². The largest absolute Gasteiger partial charge is 0.514 e. The Hall–Kier alpha value is -3.95. The van der Waals surface area contributed by atoms with Gasteiger partial charge < -0.3 is 33.7 Å². The first-order valence-electron chi connectivity index (χ1n) is 12.1. The molecule has 0 unspecified atom stereocenters. The summed E-state index contributed by atoms with van der Waals surface area (Å²) >= 11 is 0. The number of nitrogens with one attached hydrogen (secondary N) is 1. The average molecular weight is 532 g/mol. The molecule has 0 aromatic heterocycles. The lowest BCUT2D eigenvalue weighted by Crippen LogP contribution is -2.45. The van der Waals surface area contributed by atoms with Crippen molar-refractivity contribution in [3.8, 4) is 17.2 Å². The van der Waals surface area contributed by atoms with Gasteiger partial charge in [0.05, 0.1) is 14.2 Å². The maximum atomic E-state index is 13.0. The molecule has 1 amide bonds. The maximum Gasteiger partial charge on any atom is 0.514 e. The fraction of sp³-hybridized carbons (Fsp3) is 0.464. The van der Waals surface area contributed by atoms with Crippen LogP contribution in [0.5, 0.6) is 17.2 Å². The third kappa shape index (κ3) is 10.6. The number of esters is 1. The number of rotatable bonds is 9. The first-order valence-corrected chi connectivity index (χ1v) is 12.1. The van der Waals surface area contributed by atoms with Gasteiger partial charge in [0.2, 0.25) is 0 Å². The summed E-state index contributed by atoms with van der Waals surface area (Å²) in [6.07, 6.45) is -1.48. The van der Waals surface area contributed by atoms with Crippen LogP contribution in [0, 0.1) is 0 Å². The van der Waals surface area contributed by atoms with Crippen molar-refractivity contribution in [3.05, 3.63) is 53.6 Å². The molecular formula is C28H37NO9. The zero-order valence-corrected chi connectivity index (χ0v) is 23.2. The molecule has 38 heavy (non-hydrogen) atoms. The molecule has 2 aromatic carbocycles. The third-order valence-corrected chi connectivity index (χ3v) is 4.79. The van der Waals surface area contributed by atoms with Crippen LogP contribution in [0.3, 0.4) is 0 Å². The second-order valence-electron chi connectivity index (χ2n) is 10.4. The molecule has 0 heterocycles. The lowest BCUT2D eigenvalue weighted by molar-refractivity contribution is -0.147. The normalized spacial score (nSPS) is 12.1. The zero-order chi connectivity index (χ0) is 28.5. The Morgan fingerprint density at radius 3 is 1.97 bits per heavy atom. The second kappa shape index (κ2) is 13.0. The smallest absolute Gasteiger partial charge is 0.497 e. The van der Waals surface area contributed by atoms with E-state index < -0.39 is 35.5 Å². The molecule has 0 spiro atoms. The zero-order valence-electron chi connectivity index (χ0n) is 23.2. The Bertz CT molecular complexity index is 1100. The van der Waals surface area contributed by atoms with Crippen molar-refractivity contribution in [3.63, 3.8) is 0 Å². The molecule has 0 aliphatic heterocycles. The minimum absolute atomic E-state index is 0.0822. The molecule has 0 saturated carbocycles. The van der Waals surface area contributed by atoms with Crippen molar-refractivity contribution < 1.29 is 42.8 Å². The van der Waals surface area contributed by atoms with Gasteiger partial charge in [0.1, 0.15) is 41.1 Å². The predicted molar refractivity (Wildman–Crippen MR) is 140 cm³/mol. The van der Waals surface area contributed by atoms with Crippen LogP contribution in [0.4, 0.5) is 9.59 Å². The summed E-state index contributed by atoms with van der Waals surface area (Å²) in [4.78, 5) is 37.4. The number of hydrogen-bond acceptors (Lipinski definition) is 9. The lowest BCUT2D eigenvalue weighted by Gasteiger charge is -2.23. The van der Waals surface area contributed by atoms with E-state index in [0.29, 0.717) is 22.6 Å². The number of alkyl carbamates (subject to hydrolysis) is 1. The Morgan fingerprint density at radius 2 is 1.42 bits per heavy atom. The van der Waals surface area contributed by atoms with Crippen LogP contribution in [0.1, 0.15) is 52.7 Å². The number of methoxy groups -OCH3 is 2. The van der Waals surface area contributed by atoms with Gasteiger partial charge in [-0.3, -0.25) is 0 Å². The molecule has 0 fully saturated rings.